The number of aliphatic hydroxyl groups is 2. The largest absolute Gasteiger partial charge is 0.481 e. The zero-order chi connectivity index (χ0) is 23.3. The molecule has 0 aliphatic carbocycles. The van der Waals surface area contributed by atoms with E-state index in [2.05, 4.69) is 16.0 Å². The van der Waals surface area contributed by atoms with Crippen molar-refractivity contribution in [3.05, 3.63) is 0 Å². The van der Waals surface area contributed by atoms with Crippen LogP contribution in [0.15, 0.2) is 0 Å². The highest BCUT2D eigenvalue weighted by molar-refractivity contribution is 7.98. The Kier molecular flexibility index (Phi) is 13.4. The third-order valence-electron chi connectivity index (χ3n) is 3.85. The molecule has 14 heteroatoms. The van der Waals surface area contributed by atoms with Crippen LogP contribution in [0.3, 0.4) is 0 Å². The number of hydrogen-bond acceptors (Lipinski definition) is 9. The van der Waals surface area contributed by atoms with Crippen LogP contribution in [-0.2, 0) is 24.0 Å². The van der Waals surface area contributed by atoms with Gasteiger partial charge in [0.25, 0.3) is 0 Å². The lowest BCUT2D eigenvalue weighted by atomic mass is 10.1. The molecule has 0 aromatic rings. The number of hydrogen-bond donors (Lipinski definition) is 8. The molecule has 0 fully saturated rings. The van der Waals surface area contributed by atoms with Gasteiger partial charge in [-0.25, -0.2) is 4.79 Å². The van der Waals surface area contributed by atoms with Crippen molar-refractivity contribution in [2.45, 2.75) is 43.4 Å². The number of nitrogens with one attached hydrogen (secondary N) is 3. The smallest absolute Gasteiger partial charge is 0.326 e. The summed E-state index contributed by atoms with van der Waals surface area (Å²) in [6.07, 6.45) is 1.02. The van der Waals surface area contributed by atoms with Gasteiger partial charge in [0.1, 0.15) is 24.2 Å². The van der Waals surface area contributed by atoms with Crippen LogP contribution in [0.25, 0.3) is 0 Å². The quantitative estimate of drug-likeness (QED) is 0.121. The van der Waals surface area contributed by atoms with Crippen LogP contribution in [0.1, 0.15) is 19.3 Å². The zero-order valence-corrected chi connectivity index (χ0v) is 17.2. The van der Waals surface area contributed by atoms with E-state index in [0.717, 1.165) is 0 Å². The Balaban J connectivity index is 5.13. The summed E-state index contributed by atoms with van der Waals surface area (Å²) in [6.45, 7) is -1.51. The molecule has 30 heavy (non-hydrogen) atoms. The summed E-state index contributed by atoms with van der Waals surface area (Å²) in [4.78, 5) is 58.4. The summed E-state index contributed by atoms with van der Waals surface area (Å²) in [5.41, 5.74) is 5.40. The first-order valence-corrected chi connectivity index (χ1v) is 10.3. The minimum Gasteiger partial charge on any atom is -0.481 e. The molecule has 0 heterocycles. The van der Waals surface area contributed by atoms with Gasteiger partial charge in [-0.05, 0) is 24.9 Å². The average Bonchev–Trinajstić information content (AvgIpc) is 2.70. The minimum absolute atomic E-state index is 0.160. The average molecular weight is 452 g/mol. The molecule has 0 rings (SSSR count). The van der Waals surface area contributed by atoms with E-state index in [0.29, 0.717) is 5.75 Å². The number of aliphatic hydroxyl groups excluding tert-OH is 2. The van der Waals surface area contributed by atoms with E-state index in [4.69, 9.17) is 21.1 Å². The van der Waals surface area contributed by atoms with Crippen molar-refractivity contribution >= 4 is 41.4 Å². The monoisotopic (exact) mass is 452 g/mol. The summed E-state index contributed by atoms with van der Waals surface area (Å²) < 4.78 is 0. The van der Waals surface area contributed by atoms with Crippen molar-refractivity contribution in [3.8, 4) is 0 Å². The third kappa shape index (κ3) is 10.4. The van der Waals surface area contributed by atoms with Crippen LogP contribution in [-0.4, -0.2) is 99.5 Å². The Hall–Kier alpha value is -2.42. The van der Waals surface area contributed by atoms with Gasteiger partial charge in [0.15, 0.2) is 0 Å². The fraction of sp³-hybridized carbons (Fsp3) is 0.688. The van der Waals surface area contributed by atoms with Crippen LogP contribution in [0.2, 0.25) is 0 Å². The van der Waals surface area contributed by atoms with E-state index in [9.17, 15) is 29.1 Å². The number of rotatable bonds is 15. The molecular weight excluding hydrogens is 424 g/mol. The highest BCUT2D eigenvalue weighted by Crippen LogP contribution is 2.03. The second-order valence-corrected chi connectivity index (χ2v) is 7.19. The predicted molar refractivity (Wildman–Crippen MR) is 105 cm³/mol. The van der Waals surface area contributed by atoms with Gasteiger partial charge in [-0.15, -0.1) is 0 Å². The first kappa shape index (κ1) is 27.6. The fourth-order valence-corrected chi connectivity index (χ4v) is 2.60. The van der Waals surface area contributed by atoms with Gasteiger partial charge in [-0.2, -0.15) is 11.8 Å². The molecule has 0 aliphatic heterocycles. The van der Waals surface area contributed by atoms with Gasteiger partial charge in [0.05, 0.1) is 13.2 Å². The summed E-state index contributed by atoms with van der Waals surface area (Å²) in [5.74, 6) is -4.92. The van der Waals surface area contributed by atoms with Gasteiger partial charge >= 0.3 is 11.9 Å². The molecular formula is C16H28N4O9S. The molecule has 0 aromatic carbocycles. The number of aliphatic carboxylic acids is 2. The first-order valence-electron chi connectivity index (χ1n) is 8.89. The van der Waals surface area contributed by atoms with E-state index in [1.165, 1.54) is 11.8 Å². The summed E-state index contributed by atoms with van der Waals surface area (Å²) in [7, 11) is 0. The number of carbonyl (C=O) groups is 5. The van der Waals surface area contributed by atoms with Crippen molar-refractivity contribution in [2.75, 3.05) is 25.2 Å². The maximum Gasteiger partial charge on any atom is 0.326 e. The Morgan fingerprint density at radius 2 is 1.37 bits per heavy atom. The summed E-state index contributed by atoms with van der Waals surface area (Å²) >= 11 is 1.39. The van der Waals surface area contributed by atoms with E-state index in [-0.39, 0.29) is 6.42 Å². The number of carboxylic acid groups (broad SMARTS) is 2. The van der Waals surface area contributed by atoms with Crippen molar-refractivity contribution in [3.63, 3.8) is 0 Å². The molecule has 0 saturated carbocycles. The molecule has 172 valence electrons. The zero-order valence-electron chi connectivity index (χ0n) is 16.4. The Bertz CT molecular complexity index is 620. The Labute approximate surface area is 176 Å². The Morgan fingerprint density at radius 1 is 0.833 bits per heavy atom. The Morgan fingerprint density at radius 3 is 1.83 bits per heavy atom. The van der Waals surface area contributed by atoms with Crippen molar-refractivity contribution in [1.82, 2.24) is 16.0 Å². The molecule has 0 bridgehead atoms. The van der Waals surface area contributed by atoms with Gasteiger partial charge < -0.3 is 42.1 Å². The van der Waals surface area contributed by atoms with Crippen LogP contribution in [0.4, 0.5) is 0 Å². The van der Waals surface area contributed by atoms with Crippen molar-refractivity contribution in [2.24, 2.45) is 5.73 Å². The van der Waals surface area contributed by atoms with E-state index in [1.807, 2.05) is 0 Å². The molecule has 4 atom stereocenters. The lowest BCUT2D eigenvalue weighted by Crippen LogP contribution is -2.58. The van der Waals surface area contributed by atoms with Crippen molar-refractivity contribution in [1.29, 1.82) is 0 Å². The van der Waals surface area contributed by atoms with Crippen molar-refractivity contribution < 1.29 is 44.4 Å². The summed E-state index contributed by atoms with van der Waals surface area (Å²) in [5, 5.41) is 42.7. The van der Waals surface area contributed by atoms with Crippen LogP contribution in [0, 0.1) is 0 Å². The van der Waals surface area contributed by atoms with Gasteiger partial charge in [-0.1, -0.05) is 0 Å². The standard InChI is InChI=1S/C16H28N4O9S/c1-30-5-4-9(18-13(25)8(17)6-21)14(26)20-11(7-22)15(27)19-10(16(28)29)2-3-12(23)24/h8-11,21-22H,2-7,17H2,1H3,(H,18,25)(H,19,27)(H,20,26)(H,23,24)(H,28,29). The lowest BCUT2D eigenvalue weighted by Gasteiger charge is -2.24. The predicted octanol–water partition coefficient (Wildman–Crippen LogP) is -3.54. The van der Waals surface area contributed by atoms with Crippen LogP contribution >= 0.6 is 11.8 Å². The SMILES string of the molecule is CSCCC(NC(=O)C(N)CO)C(=O)NC(CO)C(=O)NC(CCC(=O)O)C(=O)O. The molecule has 0 spiro atoms. The fourth-order valence-electron chi connectivity index (χ4n) is 2.13. The highest BCUT2D eigenvalue weighted by atomic mass is 32.2. The van der Waals surface area contributed by atoms with E-state index < -0.39 is 79.9 Å². The topological polar surface area (TPSA) is 228 Å². The molecule has 13 nitrogen and oxygen atoms in total. The number of amides is 3. The minimum atomic E-state index is -1.54. The lowest BCUT2D eigenvalue weighted by molar-refractivity contribution is -0.143. The molecule has 3 amide bonds. The van der Waals surface area contributed by atoms with Crippen LogP contribution in [0.5, 0.6) is 0 Å². The molecule has 0 aliphatic rings. The second-order valence-electron chi connectivity index (χ2n) is 6.21. The third-order valence-corrected chi connectivity index (χ3v) is 4.50. The number of carbonyl (C=O) groups excluding carboxylic acids is 3. The molecule has 0 radical (unpaired) electrons. The number of carboxylic acids is 2. The number of thioether (sulfide) groups is 1. The second kappa shape index (κ2) is 14.5. The molecule has 4 unspecified atom stereocenters. The van der Waals surface area contributed by atoms with Gasteiger partial charge in [0.2, 0.25) is 17.7 Å². The molecule has 0 aromatic heterocycles. The summed E-state index contributed by atoms with van der Waals surface area (Å²) in [6, 6.07) is -5.44. The maximum absolute atomic E-state index is 12.5. The highest BCUT2D eigenvalue weighted by Gasteiger charge is 2.30. The van der Waals surface area contributed by atoms with Crippen LogP contribution < -0.4 is 21.7 Å². The molecule has 9 N–H and O–H groups in total. The maximum atomic E-state index is 12.5. The first-order chi connectivity index (χ1) is 14.1. The van der Waals surface area contributed by atoms with E-state index >= 15 is 0 Å². The van der Waals surface area contributed by atoms with Gasteiger partial charge in [-0.3, -0.25) is 19.2 Å². The molecule has 0 saturated heterocycles. The van der Waals surface area contributed by atoms with Gasteiger partial charge in [0, 0.05) is 6.42 Å². The van der Waals surface area contributed by atoms with E-state index in [1.54, 1.807) is 6.26 Å². The normalized spacial score (nSPS) is 14.7. The number of nitrogens with two attached hydrogens (primary N) is 1.